The molecule has 1 atom stereocenters. The summed E-state index contributed by atoms with van der Waals surface area (Å²) in [7, 11) is 0. The number of amides is 1. The van der Waals surface area contributed by atoms with Gasteiger partial charge in [0, 0.05) is 11.8 Å². The molecule has 1 unspecified atom stereocenters. The Bertz CT molecular complexity index is 682. The van der Waals surface area contributed by atoms with Crippen molar-refractivity contribution in [2.75, 3.05) is 0 Å². The van der Waals surface area contributed by atoms with Crippen molar-refractivity contribution in [3.8, 4) is 0 Å². The fourth-order valence-electron chi connectivity index (χ4n) is 2.59. The second-order valence-electron chi connectivity index (χ2n) is 6.03. The first kappa shape index (κ1) is 16.1. The van der Waals surface area contributed by atoms with Gasteiger partial charge in [-0.2, -0.15) is 0 Å². The van der Waals surface area contributed by atoms with E-state index in [1.54, 1.807) is 13.0 Å². The predicted molar refractivity (Wildman–Crippen MR) is 85.0 cm³/mol. The third kappa shape index (κ3) is 3.16. The number of aromatic nitrogens is 1. The Kier molecular flexibility index (Phi) is 4.59. The van der Waals surface area contributed by atoms with Crippen LogP contribution in [0.4, 0.5) is 4.39 Å². The fraction of sp³-hybridized carbons (Fsp3) is 0.333. The first-order valence-electron chi connectivity index (χ1n) is 7.30. The van der Waals surface area contributed by atoms with Crippen molar-refractivity contribution < 1.29 is 9.18 Å². The van der Waals surface area contributed by atoms with Gasteiger partial charge in [-0.3, -0.25) is 9.78 Å². The zero-order valence-corrected chi connectivity index (χ0v) is 13.4. The standard InChI is InChI=1S/C18H21FN2O/c1-12-7-5-6-8-15(12)18(3,4)17(22)21-13(2)14-9-10-20-11-16(14)19/h5-11,13H,1-4H3,(H,21,22). The first-order chi connectivity index (χ1) is 10.3. The highest BCUT2D eigenvalue weighted by Gasteiger charge is 2.32. The molecule has 2 aromatic rings. The first-order valence-corrected chi connectivity index (χ1v) is 7.30. The normalized spacial score (nSPS) is 12.8. The van der Waals surface area contributed by atoms with Gasteiger partial charge in [0.1, 0.15) is 5.82 Å². The van der Waals surface area contributed by atoms with Crippen molar-refractivity contribution in [2.24, 2.45) is 0 Å². The number of nitrogens with one attached hydrogen (secondary N) is 1. The van der Waals surface area contributed by atoms with Crippen LogP contribution in [0.5, 0.6) is 0 Å². The van der Waals surface area contributed by atoms with E-state index in [1.807, 2.05) is 45.0 Å². The molecule has 0 aliphatic heterocycles. The fourth-order valence-corrected chi connectivity index (χ4v) is 2.59. The molecule has 1 aromatic carbocycles. The number of nitrogens with zero attached hydrogens (tertiary/aromatic N) is 1. The van der Waals surface area contributed by atoms with E-state index in [4.69, 9.17) is 0 Å². The summed E-state index contributed by atoms with van der Waals surface area (Å²) in [4.78, 5) is 16.4. The van der Waals surface area contributed by atoms with E-state index in [0.29, 0.717) is 5.56 Å². The molecule has 0 aliphatic rings. The highest BCUT2D eigenvalue weighted by atomic mass is 19.1. The minimum absolute atomic E-state index is 0.134. The molecule has 1 heterocycles. The summed E-state index contributed by atoms with van der Waals surface area (Å²) in [5, 5.41) is 2.90. The molecule has 4 heteroatoms. The lowest BCUT2D eigenvalue weighted by Gasteiger charge is -2.28. The van der Waals surface area contributed by atoms with Gasteiger partial charge in [-0.05, 0) is 44.9 Å². The third-order valence-corrected chi connectivity index (χ3v) is 4.00. The van der Waals surface area contributed by atoms with Crippen molar-refractivity contribution in [2.45, 2.75) is 39.2 Å². The number of carbonyl (C=O) groups is 1. The van der Waals surface area contributed by atoms with Gasteiger partial charge in [-0.25, -0.2) is 4.39 Å². The van der Waals surface area contributed by atoms with Crippen molar-refractivity contribution in [3.63, 3.8) is 0 Å². The Labute approximate surface area is 130 Å². The van der Waals surface area contributed by atoms with Crippen LogP contribution in [0.3, 0.4) is 0 Å². The Morgan fingerprint density at radius 2 is 1.95 bits per heavy atom. The van der Waals surface area contributed by atoms with Crippen LogP contribution in [-0.2, 0) is 10.2 Å². The summed E-state index contributed by atoms with van der Waals surface area (Å²) in [6.45, 7) is 7.50. The molecule has 1 amide bonds. The van der Waals surface area contributed by atoms with Gasteiger partial charge in [0.15, 0.2) is 0 Å². The largest absolute Gasteiger partial charge is 0.349 e. The number of rotatable bonds is 4. The molecule has 0 fully saturated rings. The van der Waals surface area contributed by atoms with Crippen molar-refractivity contribution in [3.05, 3.63) is 65.2 Å². The van der Waals surface area contributed by atoms with Crippen LogP contribution < -0.4 is 5.32 Å². The van der Waals surface area contributed by atoms with Crippen LogP contribution in [0.25, 0.3) is 0 Å². The van der Waals surface area contributed by atoms with Crippen molar-refractivity contribution >= 4 is 5.91 Å². The van der Waals surface area contributed by atoms with Crippen LogP contribution in [-0.4, -0.2) is 10.9 Å². The molecule has 0 bridgehead atoms. The molecule has 0 radical (unpaired) electrons. The summed E-state index contributed by atoms with van der Waals surface area (Å²) in [6, 6.07) is 8.97. The quantitative estimate of drug-likeness (QED) is 0.936. The molecular weight excluding hydrogens is 279 g/mol. The molecule has 2 rings (SSSR count). The molecule has 0 saturated heterocycles. The number of carbonyl (C=O) groups excluding carboxylic acids is 1. The van der Waals surface area contributed by atoms with Gasteiger partial charge in [0.05, 0.1) is 17.7 Å². The smallest absolute Gasteiger partial charge is 0.230 e. The van der Waals surface area contributed by atoms with Gasteiger partial charge >= 0.3 is 0 Å². The average molecular weight is 300 g/mol. The lowest BCUT2D eigenvalue weighted by atomic mass is 9.81. The van der Waals surface area contributed by atoms with E-state index in [-0.39, 0.29) is 5.91 Å². The maximum Gasteiger partial charge on any atom is 0.230 e. The summed E-state index contributed by atoms with van der Waals surface area (Å²) in [5.74, 6) is -0.547. The summed E-state index contributed by atoms with van der Waals surface area (Å²) >= 11 is 0. The van der Waals surface area contributed by atoms with Gasteiger partial charge in [-0.15, -0.1) is 0 Å². The van der Waals surface area contributed by atoms with Crippen LogP contribution in [0.1, 0.15) is 43.5 Å². The highest BCUT2D eigenvalue weighted by Crippen LogP contribution is 2.27. The Hall–Kier alpha value is -2.23. The number of aryl methyl sites for hydroxylation is 1. The molecule has 0 aliphatic carbocycles. The number of hydrogen-bond acceptors (Lipinski definition) is 2. The minimum Gasteiger partial charge on any atom is -0.349 e. The van der Waals surface area contributed by atoms with Gasteiger partial charge in [-0.1, -0.05) is 24.3 Å². The van der Waals surface area contributed by atoms with Crippen LogP contribution >= 0.6 is 0 Å². The zero-order chi connectivity index (χ0) is 16.3. The maximum atomic E-state index is 13.8. The third-order valence-electron chi connectivity index (χ3n) is 4.00. The second kappa shape index (κ2) is 6.26. The molecular formula is C18H21FN2O. The molecule has 22 heavy (non-hydrogen) atoms. The van der Waals surface area contributed by atoms with Crippen LogP contribution in [0.15, 0.2) is 42.7 Å². The van der Waals surface area contributed by atoms with Crippen molar-refractivity contribution in [1.82, 2.24) is 10.3 Å². The lowest BCUT2D eigenvalue weighted by Crippen LogP contribution is -2.41. The second-order valence-corrected chi connectivity index (χ2v) is 6.03. The Balaban J connectivity index is 2.21. The summed E-state index contributed by atoms with van der Waals surface area (Å²) < 4.78 is 13.8. The SMILES string of the molecule is Cc1ccccc1C(C)(C)C(=O)NC(C)c1ccncc1F. The summed E-state index contributed by atoms with van der Waals surface area (Å²) in [5.41, 5.74) is 1.77. The van der Waals surface area contributed by atoms with E-state index in [2.05, 4.69) is 10.3 Å². The van der Waals surface area contributed by atoms with E-state index in [9.17, 15) is 9.18 Å². The molecule has 1 N–H and O–H groups in total. The van der Waals surface area contributed by atoms with Crippen LogP contribution in [0, 0.1) is 12.7 Å². The maximum absolute atomic E-state index is 13.8. The van der Waals surface area contributed by atoms with E-state index < -0.39 is 17.3 Å². The molecule has 1 aromatic heterocycles. The van der Waals surface area contributed by atoms with Gasteiger partial charge in [0.2, 0.25) is 5.91 Å². The Morgan fingerprint density at radius 1 is 1.27 bits per heavy atom. The number of halogens is 1. The highest BCUT2D eigenvalue weighted by molar-refractivity contribution is 5.88. The van der Waals surface area contributed by atoms with Crippen molar-refractivity contribution in [1.29, 1.82) is 0 Å². The monoisotopic (exact) mass is 300 g/mol. The Morgan fingerprint density at radius 3 is 2.59 bits per heavy atom. The number of benzene rings is 1. The molecule has 0 saturated carbocycles. The van der Waals surface area contributed by atoms with Gasteiger partial charge in [0.25, 0.3) is 0 Å². The zero-order valence-electron chi connectivity index (χ0n) is 13.4. The lowest BCUT2D eigenvalue weighted by molar-refractivity contribution is -0.126. The number of hydrogen-bond donors (Lipinski definition) is 1. The van der Waals surface area contributed by atoms with E-state index in [0.717, 1.165) is 17.3 Å². The van der Waals surface area contributed by atoms with Crippen LogP contribution in [0.2, 0.25) is 0 Å². The average Bonchev–Trinajstić information content (AvgIpc) is 2.47. The topological polar surface area (TPSA) is 42.0 Å². The van der Waals surface area contributed by atoms with E-state index >= 15 is 0 Å². The predicted octanol–water partition coefficient (Wildman–Crippen LogP) is 3.68. The molecule has 0 spiro atoms. The van der Waals surface area contributed by atoms with Gasteiger partial charge < -0.3 is 5.32 Å². The minimum atomic E-state index is -0.691. The van der Waals surface area contributed by atoms with E-state index in [1.165, 1.54) is 6.20 Å². The molecule has 116 valence electrons. The molecule has 3 nitrogen and oxygen atoms in total. The summed E-state index contributed by atoms with van der Waals surface area (Å²) in [6.07, 6.45) is 2.68. The number of pyridine rings is 1.